The lowest BCUT2D eigenvalue weighted by Crippen LogP contribution is -2.22. The summed E-state index contributed by atoms with van der Waals surface area (Å²) in [6.45, 7) is 1.30. The highest BCUT2D eigenvalue weighted by molar-refractivity contribution is 6.04. The first-order valence-corrected chi connectivity index (χ1v) is 6.77. The molecule has 0 radical (unpaired) electrons. The molecule has 2 unspecified atom stereocenters. The van der Waals surface area contributed by atoms with E-state index in [1.807, 2.05) is 0 Å². The summed E-state index contributed by atoms with van der Waals surface area (Å²) < 4.78 is 18.5. The Kier molecular flexibility index (Phi) is 3.44. The molecular formula is C14H14FN3O4. The van der Waals surface area contributed by atoms with Crippen LogP contribution in [0, 0.1) is 5.92 Å². The highest BCUT2D eigenvalue weighted by Crippen LogP contribution is 2.28. The minimum absolute atomic E-state index is 0.0583. The van der Waals surface area contributed by atoms with Gasteiger partial charge >= 0.3 is 6.03 Å². The van der Waals surface area contributed by atoms with Gasteiger partial charge in [0.05, 0.1) is 5.92 Å². The van der Waals surface area contributed by atoms with Gasteiger partial charge in [0, 0.05) is 12.1 Å². The summed E-state index contributed by atoms with van der Waals surface area (Å²) in [5.41, 5.74) is 1.27. The highest BCUT2D eigenvalue weighted by Gasteiger charge is 2.34. The van der Waals surface area contributed by atoms with Crippen LogP contribution in [0.4, 0.5) is 9.18 Å². The molecule has 2 aliphatic heterocycles. The molecule has 1 aromatic rings. The van der Waals surface area contributed by atoms with E-state index in [4.69, 9.17) is 4.42 Å². The third kappa shape index (κ3) is 2.36. The first-order valence-electron chi connectivity index (χ1n) is 6.77. The van der Waals surface area contributed by atoms with Crippen LogP contribution in [0.3, 0.4) is 0 Å². The lowest BCUT2D eigenvalue weighted by Gasteiger charge is -2.01. The second-order valence-corrected chi connectivity index (χ2v) is 5.22. The van der Waals surface area contributed by atoms with Crippen molar-refractivity contribution in [2.75, 3.05) is 6.54 Å². The van der Waals surface area contributed by atoms with Crippen molar-refractivity contribution in [1.29, 1.82) is 0 Å². The van der Waals surface area contributed by atoms with Gasteiger partial charge in [-0.1, -0.05) is 0 Å². The number of furan rings is 1. The molecule has 22 heavy (non-hydrogen) atoms. The molecular weight excluding hydrogens is 293 g/mol. The molecule has 0 spiro atoms. The molecule has 116 valence electrons. The number of amides is 4. The Bertz CT molecular complexity index is 694. The first kappa shape index (κ1) is 14.3. The standard InChI is InChI=1S/C14H14FN3O4/c1-6-8(5-16-12(6)19)2-7-3-9(22-10(7)4-15)11-13(20)18-14(21)17-11/h2-3,6,11H,4-5H2,1H3,(H,16,19)(H2,17,18,20,21)/b8-2-. The summed E-state index contributed by atoms with van der Waals surface area (Å²) in [6.07, 6.45) is 1.68. The summed E-state index contributed by atoms with van der Waals surface area (Å²) >= 11 is 0. The molecule has 3 N–H and O–H groups in total. The maximum Gasteiger partial charge on any atom is 0.322 e. The third-order valence-electron chi connectivity index (χ3n) is 3.80. The molecule has 0 aliphatic carbocycles. The van der Waals surface area contributed by atoms with Crippen LogP contribution in [-0.2, 0) is 16.3 Å². The maximum atomic E-state index is 13.1. The van der Waals surface area contributed by atoms with Gasteiger partial charge in [-0.3, -0.25) is 14.9 Å². The number of hydrogen-bond acceptors (Lipinski definition) is 4. The minimum atomic E-state index is -0.967. The van der Waals surface area contributed by atoms with Gasteiger partial charge < -0.3 is 15.1 Å². The zero-order valence-electron chi connectivity index (χ0n) is 11.7. The second kappa shape index (κ2) is 5.28. The van der Waals surface area contributed by atoms with Crippen LogP contribution in [0.25, 0.3) is 6.08 Å². The molecule has 3 heterocycles. The van der Waals surface area contributed by atoms with Crippen molar-refractivity contribution in [3.05, 3.63) is 28.7 Å². The SMILES string of the molecule is CC1C(=O)NC/C1=C/c1cc(C2NC(=O)NC2=O)oc1CF. The van der Waals surface area contributed by atoms with E-state index in [2.05, 4.69) is 16.0 Å². The number of halogens is 1. The predicted octanol–water partition coefficient (Wildman–Crippen LogP) is 0.779. The number of alkyl halides is 1. The van der Waals surface area contributed by atoms with E-state index in [0.717, 1.165) is 5.57 Å². The summed E-state index contributed by atoms with van der Waals surface area (Å²) in [5.74, 6) is -0.704. The Morgan fingerprint density at radius 3 is 2.68 bits per heavy atom. The van der Waals surface area contributed by atoms with Crippen LogP contribution in [0.2, 0.25) is 0 Å². The van der Waals surface area contributed by atoms with Gasteiger partial charge in [-0.15, -0.1) is 0 Å². The maximum absolute atomic E-state index is 13.1. The van der Waals surface area contributed by atoms with Crippen molar-refractivity contribution in [1.82, 2.24) is 16.0 Å². The molecule has 4 amide bonds. The normalized spacial score (nSPS) is 26.3. The molecule has 7 nitrogen and oxygen atoms in total. The highest BCUT2D eigenvalue weighted by atomic mass is 19.1. The van der Waals surface area contributed by atoms with Crippen molar-refractivity contribution in [3.63, 3.8) is 0 Å². The van der Waals surface area contributed by atoms with Gasteiger partial charge in [-0.05, 0) is 24.6 Å². The lowest BCUT2D eigenvalue weighted by molar-refractivity contribution is -0.122. The Morgan fingerprint density at radius 2 is 2.14 bits per heavy atom. The first-order chi connectivity index (χ1) is 10.5. The summed E-state index contributed by atoms with van der Waals surface area (Å²) in [4.78, 5) is 34.2. The molecule has 0 saturated carbocycles. The number of hydrogen-bond donors (Lipinski definition) is 3. The largest absolute Gasteiger partial charge is 0.460 e. The van der Waals surface area contributed by atoms with Crippen LogP contribution in [0.5, 0.6) is 0 Å². The average Bonchev–Trinajstić information content (AvgIpc) is 3.12. The summed E-state index contributed by atoms with van der Waals surface area (Å²) in [6, 6.07) is -0.0779. The van der Waals surface area contributed by atoms with Crippen molar-refractivity contribution in [2.24, 2.45) is 5.92 Å². The summed E-state index contributed by atoms with van der Waals surface area (Å²) in [7, 11) is 0. The van der Waals surface area contributed by atoms with Gasteiger partial charge in [-0.25, -0.2) is 9.18 Å². The molecule has 0 bridgehead atoms. The smallest absolute Gasteiger partial charge is 0.322 e. The number of carbonyl (C=O) groups excluding carboxylic acids is 3. The monoisotopic (exact) mass is 307 g/mol. The van der Waals surface area contributed by atoms with Gasteiger partial charge in [0.1, 0.15) is 18.2 Å². The molecule has 2 atom stereocenters. The fourth-order valence-electron chi connectivity index (χ4n) is 2.49. The van der Waals surface area contributed by atoms with E-state index in [1.54, 1.807) is 13.0 Å². The van der Waals surface area contributed by atoms with Gasteiger partial charge in [0.2, 0.25) is 5.91 Å². The van der Waals surface area contributed by atoms with Crippen molar-refractivity contribution >= 4 is 23.9 Å². The summed E-state index contributed by atoms with van der Waals surface area (Å²) in [5, 5.41) is 7.18. The van der Waals surface area contributed by atoms with Crippen LogP contribution in [0.15, 0.2) is 16.1 Å². The van der Waals surface area contributed by atoms with Gasteiger partial charge in [-0.2, -0.15) is 0 Å². The fourth-order valence-corrected chi connectivity index (χ4v) is 2.49. The number of carbonyl (C=O) groups is 3. The Balaban J connectivity index is 1.92. The Morgan fingerprint density at radius 1 is 1.36 bits per heavy atom. The Hall–Kier alpha value is -2.64. The predicted molar refractivity (Wildman–Crippen MR) is 73.1 cm³/mol. The minimum Gasteiger partial charge on any atom is -0.460 e. The molecule has 2 aliphatic rings. The number of imide groups is 1. The van der Waals surface area contributed by atoms with E-state index in [1.165, 1.54) is 6.07 Å². The average molecular weight is 307 g/mol. The van der Waals surface area contributed by atoms with E-state index < -0.39 is 24.7 Å². The number of urea groups is 1. The van der Waals surface area contributed by atoms with Crippen LogP contribution < -0.4 is 16.0 Å². The zero-order chi connectivity index (χ0) is 15.9. The second-order valence-electron chi connectivity index (χ2n) is 5.22. The zero-order valence-corrected chi connectivity index (χ0v) is 11.7. The van der Waals surface area contributed by atoms with E-state index in [0.29, 0.717) is 12.1 Å². The van der Waals surface area contributed by atoms with E-state index >= 15 is 0 Å². The van der Waals surface area contributed by atoms with Crippen LogP contribution >= 0.6 is 0 Å². The van der Waals surface area contributed by atoms with E-state index in [9.17, 15) is 18.8 Å². The Labute approximate surface area is 124 Å². The molecule has 3 rings (SSSR count). The quantitative estimate of drug-likeness (QED) is 0.718. The van der Waals surface area contributed by atoms with Crippen LogP contribution in [0.1, 0.15) is 30.0 Å². The van der Waals surface area contributed by atoms with Crippen molar-refractivity contribution in [3.8, 4) is 0 Å². The molecule has 0 aromatic carbocycles. The van der Waals surface area contributed by atoms with Gasteiger partial charge in [0.25, 0.3) is 5.91 Å². The van der Waals surface area contributed by atoms with E-state index in [-0.39, 0.29) is 23.3 Å². The topological polar surface area (TPSA) is 100 Å². The molecule has 2 fully saturated rings. The van der Waals surface area contributed by atoms with Crippen molar-refractivity contribution < 1.29 is 23.2 Å². The van der Waals surface area contributed by atoms with Crippen molar-refractivity contribution in [2.45, 2.75) is 19.6 Å². The van der Waals surface area contributed by atoms with Gasteiger partial charge in [0.15, 0.2) is 6.04 Å². The fraction of sp³-hybridized carbons (Fsp3) is 0.357. The molecule has 1 aromatic heterocycles. The third-order valence-corrected chi connectivity index (χ3v) is 3.80. The molecule has 8 heteroatoms. The van der Waals surface area contributed by atoms with Crippen LogP contribution in [-0.4, -0.2) is 24.4 Å². The molecule has 2 saturated heterocycles. The number of nitrogens with one attached hydrogen (secondary N) is 3. The number of rotatable bonds is 3. The lowest BCUT2D eigenvalue weighted by atomic mass is 10.0.